The van der Waals surface area contributed by atoms with Crippen molar-refractivity contribution in [3.05, 3.63) is 68.3 Å². The van der Waals surface area contributed by atoms with Crippen molar-refractivity contribution in [3.8, 4) is 5.69 Å². The molecule has 22 heavy (non-hydrogen) atoms. The number of nitrogens with zero attached hydrogens (tertiary/aromatic N) is 5. The molecule has 0 radical (unpaired) electrons. The molecular weight excluding hydrogens is 325 g/mol. The number of aromatic nitrogens is 5. The van der Waals surface area contributed by atoms with Crippen LogP contribution in [0.5, 0.6) is 0 Å². The molecule has 1 aromatic carbocycles. The van der Waals surface area contributed by atoms with Crippen LogP contribution in [0.3, 0.4) is 0 Å². The lowest BCUT2D eigenvalue weighted by Gasteiger charge is -2.02. The van der Waals surface area contributed by atoms with E-state index in [1.807, 2.05) is 6.92 Å². The molecule has 0 spiro atoms. The Kier molecular flexibility index (Phi) is 3.96. The van der Waals surface area contributed by atoms with Crippen molar-refractivity contribution in [2.75, 3.05) is 0 Å². The predicted octanol–water partition coefficient (Wildman–Crippen LogP) is 2.49. The van der Waals surface area contributed by atoms with Gasteiger partial charge in [-0.05, 0) is 31.2 Å². The van der Waals surface area contributed by atoms with E-state index in [1.54, 1.807) is 35.1 Å². The lowest BCUT2D eigenvalue weighted by molar-refractivity contribution is 0.616. The van der Waals surface area contributed by atoms with Crippen molar-refractivity contribution in [3.63, 3.8) is 0 Å². The maximum absolute atomic E-state index is 11.7. The van der Waals surface area contributed by atoms with E-state index in [9.17, 15) is 4.79 Å². The van der Waals surface area contributed by atoms with E-state index in [0.29, 0.717) is 15.7 Å². The molecule has 3 aromatic rings. The Morgan fingerprint density at radius 1 is 1.14 bits per heavy atom. The van der Waals surface area contributed by atoms with E-state index in [-0.39, 0.29) is 12.1 Å². The number of halogens is 2. The molecule has 0 unspecified atom stereocenters. The molecule has 0 saturated carbocycles. The van der Waals surface area contributed by atoms with E-state index in [4.69, 9.17) is 23.2 Å². The third-order valence-corrected chi connectivity index (χ3v) is 3.76. The second-order valence-electron chi connectivity index (χ2n) is 4.72. The first-order valence-electron chi connectivity index (χ1n) is 6.44. The summed E-state index contributed by atoms with van der Waals surface area (Å²) in [6.45, 7) is 2.07. The number of benzene rings is 1. The topological polar surface area (TPSA) is 65.6 Å². The van der Waals surface area contributed by atoms with Crippen LogP contribution in [-0.4, -0.2) is 24.8 Å². The minimum atomic E-state index is -0.185. The number of rotatable bonds is 3. The molecule has 3 rings (SSSR count). The molecule has 0 aliphatic heterocycles. The van der Waals surface area contributed by atoms with Crippen LogP contribution in [-0.2, 0) is 6.54 Å². The summed E-state index contributed by atoms with van der Waals surface area (Å²) in [5.74, 6) is 0. The van der Waals surface area contributed by atoms with Crippen LogP contribution in [0.25, 0.3) is 5.69 Å². The van der Waals surface area contributed by atoms with Gasteiger partial charge in [0, 0.05) is 6.07 Å². The van der Waals surface area contributed by atoms with Crippen LogP contribution in [0.15, 0.2) is 41.3 Å². The molecule has 0 atom stereocenters. The second kappa shape index (κ2) is 5.90. The van der Waals surface area contributed by atoms with Gasteiger partial charge in [-0.3, -0.25) is 4.79 Å². The summed E-state index contributed by atoms with van der Waals surface area (Å²) in [5, 5.41) is 13.2. The third-order valence-electron chi connectivity index (χ3n) is 3.02. The lowest BCUT2D eigenvalue weighted by atomic mass is 10.3. The van der Waals surface area contributed by atoms with E-state index in [2.05, 4.69) is 15.4 Å². The highest BCUT2D eigenvalue weighted by atomic mass is 35.5. The van der Waals surface area contributed by atoms with E-state index in [0.717, 1.165) is 11.4 Å². The number of aryl methyl sites for hydroxylation is 1. The fraction of sp³-hybridized carbons (Fsp3) is 0.143. The normalized spacial score (nSPS) is 10.9. The molecule has 2 heterocycles. The highest BCUT2D eigenvalue weighted by Gasteiger charge is 2.07. The van der Waals surface area contributed by atoms with Crippen LogP contribution in [0.4, 0.5) is 0 Å². The Labute approximate surface area is 135 Å². The Bertz CT molecular complexity index is 887. The lowest BCUT2D eigenvalue weighted by Crippen LogP contribution is -2.23. The Morgan fingerprint density at radius 3 is 2.73 bits per heavy atom. The van der Waals surface area contributed by atoms with Gasteiger partial charge in [-0.2, -0.15) is 5.10 Å². The van der Waals surface area contributed by atoms with Crippen molar-refractivity contribution < 1.29 is 0 Å². The maximum Gasteiger partial charge on any atom is 0.267 e. The van der Waals surface area contributed by atoms with Crippen LogP contribution < -0.4 is 5.56 Å². The third kappa shape index (κ3) is 3.03. The van der Waals surface area contributed by atoms with Gasteiger partial charge in [-0.15, -0.1) is 5.10 Å². The first-order chi connectivity index (χ1) is 10.5. The van der Waals surface area contributed by atoms with Gasteiger partial charge in [0.1, 0.15) is 5.69 Å². The van der Waals surface area contributed by atoms with Crippen LogP contribution in [0.1, 0.15) is 11.4 Å². The van der Waals surface area contributed by atoms with Gasteiger partial charge in [0.05, 0.1) is 34.2 Å². The average molecular weight is 336 g/mol. The smallest absolute Gasteiger partial charge is 0.267 e. The molecule has 0 bridgehead atoms. The Morgan fingerprint density at radius 2 is 1.95 bits per heavy atom. The van der Waals surface area contributed by atoms with Crippen molar-refractivity contribution in [2.45, 2.75) is 13.5 Å². The van der Waals surface area contributed by atoms with Crippen LogP contribution >= 0.6 is 23.2 Å². The predicted molar refractivity (Wildman–Crippen MR) is 83.7 cm³/mol. The maximum atomic E-state index is 11.7. The van der Waals surface area contributed by atoms with Crippen LogP contribution in [0.2, 0.25) is 10.0 Å². The SMILES string of the molecule is Cc1ccc(=O)n(Cc2cn(-c3ccc(Cl)c(Cl)c3)nn2)n1. The first kappa shape index (κ1) is 14.7. The zero-order valence-electron chi connectivity index (χ0n) is 11.6. The van der Waals surface area contributed by atoms with Crippen molar-refractivity contribution >= 4 is 23.2 Å². The number of hydrogen-bond acceptors (Lipinski definition) is 4. The summed E-state index contributed by atoms with van der Waals surface area (Å²) in [6.07, 6.45) is 1.72. The van der Waals surface area contributed by atoms with E-state index < -0.39 is 0 Å². The molecular formula is C14H11Cl2N5O. The second-order valence-corrected chi connectivity index (χ2v) is 5.54. The first-order valence-corrected chi connectivity index (χ1v) is 7.20. The molecule has 0 N–H and O–H groups in total. The summed E-state index contributed by atoms with van der Waals surface area (Å²) in [7, 11) is 0. The van der Waals surface area contributed by atoms with Gasteiger partial charge in [0.15, 0.2) is 0 Å². The zero-order valence-corrected chi connectivity index (χ0v) is 13.1. The molecule has 0 saturated heterocycles. The fourth-order valence-corrected chi connectivity index (χ4v) is 2.23. The van der Waals surface area contributed by atoms with Gasteiger partial charge in [-0.25, -0.2) is 9.36 Å². The largest absolute Gasteiger partial charge is 0.268 e. The minimum absolute atomic E-state index is 0.185. The van der Waals surface area contributed by atoms with Crippen molar-refractivity contribution in [2.24, 2.45) is 0 Å². The summed E-state index contributed by atoms with van der Waals surface area (Å²) < 4.78 is 2.91. The molecule has 0 aliphatic carbocycles. The zero-order chi connectivity index (χ0) is 15.7. The van der Waals surface area contributed by atoms with Crippen LogP contribution in [0, 0.1) is 6.92 Å². The van der Waals surface area contributed by atoms with E-state index >= 15 is 0 Å². The molecule has 2 aromatic heterocycles. The standard InChI is InChI=1S/C14H11Cl2N5O/c1-9-2-5-14(22)21(18-9)8-10-7-20(19-17-10)11-3-4-12(15)13(16)6-11/h2-7H,8H2,1H3. The van der Waals surface area contributed by atoms with Gasteiger partial charge < -0.3 is 0 Å². The quantitative estimate of drug-likeness (QED) is 0.737. The number of hydrogen-bond donors (Lipinski definition) is 0. The van der Waals surface area contributed by atoms with Gasteiger partial charge in [0.25, 0.3) is 5.56 Å². The summed E-state index contributed by atoms with van der Waals surface area (Å²) >= 11 is 11.9. The highest BCUT2D eigenvalue weighted by molar-refractivity contribution is 6.42. The Hall–Kier alpha value is -2.18. The molecule has 6 nitrogen and oxygen atoms in total. The minimum Gasteiger partial charge on any atom is -0.268 e. The van der Waals surface area contributed by atoms with Gasteiger partial charge in [-0.1, -0.05) is 28.4 Å². The molecule has 112 valence electrons. The molecule has 8 heteroatoms. The summed E-state index contributed by atoms with van der Waals surface area (Å²) in [5.41, 5.74) is 1.93. The van der Waals surface area contributed by atoms with E-state index in [1.165, 1.54) is 10.7 Å². The Balaban J connectivity index is 1.89. The molecule has 0 fully saturated rings. The molecule has 0 amide bonds. The van der Waals surface area contributed by atoms with Crippen molar-refractivity contribution in [1.82, 2.24) is 24.8 Å². The van der Waals surface area contributed by atoms with Gasteiger partial charge >= 0.3 is 0 Å². The summed E-state index contributed by atoms with van der Waals surface area (Å²) in [6, 6.07) is 8.31. The fourth-order valence-electron chi connectivity index (χ4n) is 1.94. The molecule has 0 aliphatic rings. The van der Waals surface area contributed by atoms with Gasteiger partial charge in [0.2, 0.25) is 0 Å². The summed E-state index contributed by atoms with van der Waals surface area (Å²) in [4.78, 5) is 11.7. The highest BCUT2D eigenvalue weighted by Crippen LogP contribution is 2.24. The monoisotopic (exact) mass is 335 g/mol. The van der Waals surface area contributed by atoms with Crippen molar-refractivity contribution in [1.29, 1.82) is 0 Å². The average Bonchev–Trinajstić information content (AvgIpc) is 2.94.